The van der Waals surface area contributed by atoms with Crippen molar-refractivity contribution < 1.29 is 19.5 Å². The summed E-state index contributed by atoms with van der Waals surface area (Å²) < 4.78 is 0. The molecule has 1 aliphatic rings. The molecule has 1 unspecified atom stereocenters. The number of hydrogen-bond donors (Lipinski definition) is 2. The van der Waals surface area contributed by atoms with Crippen LogP contribution >= 0.6 is 11.8 Å². The number of anilines is 1. The van der Waals surface area contributed by atoms with E-state index in [0.717, 1.165) is 4.90 Å². The Bertz CT molecular complexity index is 802. The largest absolute Gasteiger partial charge is 0.480 e. The highest BCUT2D eigenvalue weighted by Crippen LogP contribution is 2.29. The number of para-hydroxylation sites is 1. The Hall–Kier alpha value is -2.80. The Morgan fingerprint density at radius 3 is 2.12 bits per heavy atom. The number of fused-ring (bicyclic) bond motifs is 1. The molecule has 0 aliphatic carbocycles. The summed E-state index contributed by atoms with van der Waals surface area (Å²) in [5, 5.41) is 9.50. The highest BCUT2D eigenvalue weighted by atomic mass is 32.2. The molecule has 122 valence electrons. The minimum absolute atomic E-state index is 0.0228. The fourth-order valence-corrected chi connectivity index (χ4v) is 3.57. The van der Waals surface area contributed by atoms with Crippen LogP contribution < -0.4 is 5.73 Å². The Kier molecular flexibility index (Phi) is 4.26. The van der Waals surface area contributed by atoms with Gasteiger partial charge in [0.15, 0.2) is 0 Å². The number of nitrogens with two attached hydrogens (primary N) is 1. The fourth-order valence-electron chi connectivity index (χ4n) is 2.53. The van der Waals surface area contributed by atoms with E-state index in [9.17, 15) is 19.5 Å². The van der Waals surface area contributed by atoms with Crippen LogP contribution in [0.3, 0.4) is 0 Å². The molecular weight excluding hydrogens is 328 g/mol. The van der Waals surface area contributed by atoms with Crippen molar-refractivity contribution in [3.63, 3.8) is 0 Å². The van der Waals surface area contributed by atoms with Crippen LogP contribution in [-0.2, 0) is 4.79 Å². The molecular formula is C17H14N2O4S. The Morgan fingerprint density at radius 1 is 1.04 bits per heavy atom. The number of imide groups is 1. The minimum Gasteiger partial charge on any atom is -0.480 e. The van der Waals surface area contributed by atoms with Crippen LogP contribution in [0.4, 0.5) is 5.69 Å². The second-order valence-corrected chi connectivity index (χ2v) is 6.29. The van der Waals surface area contributed by atoms with Crippen molar-refractivity contribution in [1.82, 2.24) is 4.90 Å². The lowest BCUT2D eigenvalue weighted by Crippen LogP contribution is -2.46. The van der Waals surface area contributed by atoms with Crippen LogP contribution in [0.2, 0.25) is 0 Å². The zero-order valence-corrected chi connectivity index (χ0v) is 13.3. The molecule has 0 radical (unpaired) electrons. The molecule has 0 saturated heterocycles. The third-order valence-electron chi connectivity index (χ3n) is 3.74. The fraction of sp³-hybridized carbons (Fsp3) is 0.118. The molecule has 0 bridgehead atoms. The SMILES string of the molecule is Nc1ccccc1SCC(C(=O)O)N1C(=O)c2ccccc2C1=O. The molecule has 1 aliphatic heterocycles. The van der Waals surface area contributed by atoms with Crippen LogP contribution in [0.1, 0.15) is 20.7 Å². The van der Waals surface area contributed by atoms with Crippen molar-refractivity contribution in [3.05, 3.63) is 59.7 Å². The van der Waals surface area contributed by atoms with Gasteiger partial charge in [-0.2, -0.15) is 0 Å². The van der Waals surface area contributed by atoms with Gasteiger partial charge in [0.2, 0.25) is 0 Å². The van der Waals surface area contributed by atoms with Gasteiger partial charge in [0.1, 0.15) is 6.04 Å². The number of carboxylic acids is 1. The standard InChI is InChI=1S/C17H14N2O4S/c18-12-7-3-4-8-14(12)24-9-13(17(22)23)19-15(20)10-5-1-2-6-11(10)16(19)21/h1-8,13H,9,18H2,(H,22,23). The van der Waals surface area contributed by atoms with E-state index in [1.807, 2.05) is 0 Å². The topological polar surface area (TPSA) is 101 Å². The van der Waals surface area contributed by atoms with Crippen LogP contribution in [0.5, 0.6) is 0 Å². The molecule has 2 aromatic carbocycles. The Labute approximate surface area is 142 Å². The van der Waals surface area contributed by atoms with E-state index in [4.69, 9.17) is 5.73 Å². The number of thioether (sulfide) groups is 1. The first kappa shape index (κ1) is 16.1. The molecule has 0 aromatic heterocycles. The van der Waals surface area contributed by atoms with E-state index in [-0.39, 0.29) is 16.9 Å². The summed E-state index contributed by atoms with van der Waals surface area (Å²) in [4.78, 5) is 38.0. The number of benzene rings is 2. The summed E-state index contributed by atoms with van der Waals surface area (Å²) >= 11 is 1.20. The van der Waals surface area contributed by atoms with Gasteiger partial charge in [-0.1, -0.05) is 24.3 Å². The lowest BCUT2D eigenvalue weighted by molar-refractivity contribution is -0.140. The minimum atomic E-state index is -1.26. The van der Waals surface area contributed by atoms with Gasteiger partial charge in [-0.3, -0.25) is 14.5 Å². The van der Waals surface area contributed by atoms with Crippen molar-refractivity contribution in [2.45, 2.75) is 10.9 Å². The highest BCUT2D eigenvalue weighted by Gasteiger charge is 2.42. The maximum absolute atomic E-state index is 12.4. The number of aliphatic carboxylic acids is 1. The molecule has 3 N–H and O–H groups in total. The molecule has 2 amide bonds. The number of rotatable bonds is 5. The summed E-state index contributed by atoms with van der Waals surface area (Å²) in [6.07, 6.45) is 0. The maximum Gasteiger partial charge on any atom is 0.327 e. The molecule has 6 nitrogen and oxygen atoms in total. The van der Waals surface area contributed by atoms with Gasteiger partial charge >= 0.3 is 5.97 Å². The third kappa shape index (κ3) is 2.74. The van der Waals surface area contributed by atoms with Crippen molar-refractivity contribution in [3.8, 4) is 0 Å². The summed E-state index contributed by atoms with van der Waals surface area (Å²) in [5.41, 5.74) is 6.83. The lowest BCUT2D eigenvalue weighted by Gasteiger charge is -2.22. The first-order chi connectivity index (χ1) is 11.5. The maximum atomic E-state index is 12.4. The van der Waals surface area contributed by atoms with E-state index >= 15 is 0 Å². The Morgan fingerprint density at radius 2 is 1.58 bits per heavy atom. The van der Waals surface area contributed by atoms with E-state index in [2.05, 4.69) is 0 Å². The average Bonchev–Trinajstić information content (AvgIpc) is 2.82. The first-order valence-electron chi connectivity index (χ1n) is 7.17. The number of amides is 2. The summed E-state index contributed by atoms with van der Waals surface area (Å²) in [5.74, 6) is -2.37. The molecule has 1 heterocycles. The van der Waals surface area contributed by atoms with Gasteiger partial charge in [-0.15, -0.1) is 11.8 Å². The molecule has 0 fully saturated rings. The number of carbonyl (C=O) groups is 3. The zero-order chi connectivity index (χ0) is 17.3. The average molecular weight is 342 g/mol. The van der Waals surface area contributed by atoms with Crippen LogP contribution in [0.15, 0.2) is 53.4 Å². The van der Waals surface area contributed by atoms with Gasteiger partial charge in [0.05, 0.1) is 11.1 Å². The van der Waals surface area contributed by atoms with E-state index < -0.39 is 23.8 Å². The molecule has 0 saturated carbocycles. The van der Waals surface area contributed by atoms with Gasteiger partial charge in [-0.05, 0) is 24.3 Å². The highest BCUT2D eigenvalue weighted by molar-refractivity contribution is 7.99. The number of carboxylic acid groups (broad SMARTS) is 1. The number of carbonyl (C=O) groups excluding carboxylic acids is 2. The summed E-state index contributed by atoms with van der Waals surface area (Å²) in [6.45, 7) is 0. The van der Waals surface area contributed by atoms with Crippen LogP contribution in [0.25, 0.3) is 0 Å². The molecule has 24 heavy (non-hydrogen) atoms. The quantitative estimate of drug-likeness (QED) is 0.490. The van der Waals surface area contributed by atoms with E-state index in [1.165, 1.54) is 23.9 Å². The summed E-state index contributed by atoms with van der Waals surface area (Å²) in [6, 6.07) is 12.1. The van der Waals surface area contributed by atoms with Gasteiger partial charge < -0.3 is 10.8 Å². The predicted molar refractivity (Wildman–Crippen MR) is 89.9 cm³/mol. The van der Waals surface area contributed by atoms with Crippen molar-refractivity contribution in [2.75, 3.05) is 11.5 Å². The molecule has 2 aromatic rings. The van der Waals surface area contributed by atoms with E-state index in [1.54, 1.807) is 36.4 Å². The van der Waals surface area contributed by atoms with Crippen LogP contribution in [-0.4, -0.2) is 39.6 Å². The molecule has 7 heteroatoms. The lowest BCUT2D eigenvalue weighted by atomic mass is 10.1. The first-order valence-corrected chi connectivity index (χ1v) is 8.16. The van der Waals surface area contributed by atoms with Gasteiger partial charge in [-0.25, -0.2) is 4.79 Å². The second kappa shape index (κ2) is 6.37. The molecule has 0 spiro atoms. The van der Waals surface area contributed by atoms with Crippen molar-refractivity contribution >= 4 is 35.2 Å². The third-order valence-corrected chi connectivity index (χ3v) is 4.90. The zero-order valence-electron chi connectivity index (χ0n) is 12.5. The monoisotopic (exact) mass is 342 g/mol. The normalized spacial score (nSPS) is 14.6. The number of nitrogen functional groups attached to an aromatic ring is 1. The van der Waals surface area contributed by atoms with Gasteiger partial charge in [0, 0.05) is 16.3 Å². The smallest absolute Gasteiger partial charge is 0.327 e. The number of hydrogen-bond acceptors (Lipinski definition) is 5. The van der Waals surface area contributed by atoms with Gasteiger partial charge in [0.25, 0.3) is 11.8 Å². The van der Waals surface area contributed by atoms with Crippen LogP contribution in [0, 0.1) is 0 Å². The van der Waals surface area contributed by atoms with E-state index in [0.29, 0.717) is 10.6 Å². The van der Waals surface area contributed by atoms with Crippen molar-refractivity contribution in [2.24, 2.45) is 0 Å². The summed E-state index contributed by atoms with van der Waals surface area (Å²) in [7, 11) is 0. The molecule has 1 atom stereocenters. The Balaban J connectivity index is 1.85. The number of nitrogens with zero attached hydrogens (tertiary/aromatic N) is 1. The predicted octanol–water partition coefficient (Wildman–Crippen LogP) is 2.11. The second-order valence-electron chi connectivity index (χ2n) is 5.23. The molecule has 3 rings (SSSR count). The van der Waals surface area contributed by atoms with Crippen molar-refractivity contribution in [1.29, 1.82) is 0 Å².